The highest BCUT2D eigenvalue weighted by molar-refractivity contribution is 5.80. The van der Waals surface area contributed by atoms with E-state index in [1.54, 1.807) is 41.2 Å². The lowest BCUT2D eigenvalue weighted by atomic mass is 10.3. The Morgan fingerprint density at radius 1 is 0.828 bits per heavy atom. The van der Waals surface area contributed by atoms with Gasteiger partial charge in [0.15, 0.2) is 24.7 Å². The molecule has 2 amide bonds. The first-order chi connectivity index (χ1) is 14.1. The number of carbonyl (C=O) groups excluding carboxylic acids is 2. The van der Waals surface area contributed by atoms with Crippen molar-refractivity contribution in [1.82, 2.24) is 9.80 Å². The fourth-order valence-corrected chi connectivity index (χ4v) is 2.95. The van der Waals surface area contributed by atoms with Crippen molar-refractivity contribution in [2.45, 2.75) is 0 Å². The minimum Gasteiger partial charge on any atom is -0.508 e. The number of methoxy groups -OCH3 is 1. The molecule has 0 spiro atoms. The number of aromatic hydroxyl groups is 1. The number of para-hydroxylation sites is 2. The quantitative estimate of drug-likeness (QED) is 0.758. The molecule has 0 saturated carbocycles. The molecule has 1 aliphatic heterocycles. The number of amides is 2. The van der Waals surface area contributed by atoms with Crippen LogP contribution in [0.2, 0.25) is 0 Å². The van der Waals surface area contributed by atoms with E-state index >= 15 is 0 Å². The number of phenolic OH excluding ortho intramolecular Hbond substituents is 1. The maximum Gasteiger partial charge on any atom is 0.260 e. The molecule has 0 atom stereocenters. The molecule has 0 aliphatic carbocycles. The lowest BCUT2D eigenvalue weighted by molar-refractivity contribution is -0.141. The molecule has 2 aromatic rings. The monoisotopic (exact) mass is 400 g/mol. The van der Waals surface area contributed by atoms with Crippen LogP contribution in [0.25, 0.3) is 0 Å². The first-order valence-electron chi connectivity index (χ1n) is 9.30. The fraction of sp³-hybridized carbons (Fsp3) is 0.333. The second-order valence-corrected chi connectivity index (χ2v) is 6.48. The molecule has 1 N–H and O–H groups in total. The van der Waals surface area contributed by atoms with Crippen LogP contribution in [0.5, 0.6) is 23.0 Å². The van der Waals surface area contributed by atoms with Crippen molar-refractivity contribution in [1.29, 1.82) is 0 Å². The third-order valence-electron chi connectivity index (χ3n) is 4.60. The third-order valence-corrected chi connectivity index (χ3v) is 4.60. The highest BCUT2D eigenvalue weighted by Crippen LogP contribution is 2.25. The second-order valence-electron chi connectivity index (χ2n) is 6.48. The summed E-state index contributed by atoms with van der Waals surface area (Å²) in [5.41, 5.74) is 0. The highest BCUT2D eigenvalue weighted by atomic mass is 16.5. The minimum absolute atomic E-state index is 0.0850. The van der Waals surface area contributed by atoms with E-state index in [2.05, 4.69) is 0 Å². The summed E-state index contributed by atoms with van der Waals surface area (Å²) >= 11 is 0. The zero-order valence-corrected chi connectivity index (χ0v) is 16.2. The van der Waals surface area contributed by atoms with E-state index in [-0.39, 0.29) is 30.8 Å². The summed E-state index contributed by atoms with van der Waals surface area (Å²) in [6.07, 6.45) is 0. The minimum atomic E-state index is -0.143. The van der Waals surface area contributed by atoms with Gasteiger partial charge in [-0.2, -0.15) is 0 Å². The molecule has 8 nitrogen and oxygen atoms in total. The maximum absolute atomic E-state index is 12.4. The Morgan fingerprint density at radius 3 is 1.90 bits per heavy atom. The van der Waals surface area contributed by atoms with Crippen LogP contribution < -0.4 is 14.2 Å². The van der Waals surface area contributed by atoms with E-state index in [1.165, 1.54) is 12.1 Å². The van der Waals surface area contributed by atoms with Crippen molar-refractivity contribution >= 4 is 11.8 Å². The number of ether oxygens (including phenoxy) is 3. The molecular formula is C21H24N2O6. The summed E-state index contributed by atoms with van der Waals surface area (Å²) < 4.78 is 16.2. The van der Waals surface area contributed by atoms with Gasteiger partial charge in [0.25, 0.3) is 11.8 Å². The SMILES string of the molecule is COc1ccccc1OCC(=O)N1CCN(C(=O)COc2ccc(O)cc2)CC1. The van der Waals surface area contributed by atoms with Gasteiger partial charge < -0.3 is 29.1 Å². The molecule has 1 fully saturated rings. The van der Waals surface area contributed by atoms with Crippen molar-refractivity contribution in [2.75, 3.05) is 46.5 Å². The molecule has 0 aromatic heterocycles. The summed E-state index contributed by atoms with van der Waals surface area (Å²) in [6.45, 7) is 1.60. The van der Waals surface area contributed by atoms with Crippen LogP contribution in [-0.2, 0) is 9.59 Å². The van der Waals surface area contributed by atoms with Gasteiger partial charge in [0.1, 0.15) is 11.5 Å². The van der Waals surface area contributed by atoms with E-state index in [9.17, 15) is 14.7 Å². The maximum atomic E-state index is 12.4. The molecule has 8 heteroatoms. The highest BCUT2D eigenvalue weighted by Gasteiger charge is 2.24. The zero-order chi connectivity index (χ0) is 20.6. The van der Waals surface area contributed by atoms with Gasteiger partial charge in [-0.05, 0) is 36.4 Å². The van der Waals surface area contributed by atoms with Crippen LogP contribution in [-0.4, -0.2) is 73.2 Å². The molecule has 0 unspecified atom stereocenters. The van der Waals surface area contributed by atoms with Crippen molar-refractivity contribution in [3.05, 3.63) is 48.5 Å². The van der Waals surface area contributed by atoms with Crippen LogP contribution in [0, 0.1) is 0 Å². The zero-order valence-electron chi connectivity index (χ0n) is 16.2. The van der Waals surface area contributed by atoms with E-state index in [0.29, 0.717) is 43.4 Å². The van der Waals surface area contributed by atoms with Crippen LogP contribution in [0.1, 0.15) is 0 Å². The number of benzene rings is 2. The number of rotatable bonds is 7. The molecule has 29 heavy (non-hydrogen) atoms. The Hall–Kier alpha value is -3.42. The Kier molecular flexibility index (Phi) is 6.78. The van der Waals surface area contributed by atoms with Gasteiger partial charge in [-0.3, -0.25) is 9.59 Å². The molecule has 1 aliphatic rings. The number of piperazine rings is 1. The van der Waals surface area contributed by atoms with Crippen LogP contribution in [0.4, 0.5) is 0 Å². The van der Waals surface area contributed by atoms with E-state index in [1.807, 2.05) is 12.1 Å². The molecule has 154 valence electrons. The van der Waals surface area contributed by atoms with Gasteiger partial charge in [-0.25, -0.2) is 0 Å². The summed E-state index contributed by atoms with van der Waals surface area (Å²) in [5, 5.41) is 9.26. The van der Waals surface area contributed by atoms with E-state index in [4.69, 9.17) is 14.2 Å². The second kappa shape index (κ2) is 9.68. The normalized spacial score (nSPS) is 13.7. The predicted molar refractivity (Wildman–Crippen MR) is 105 cm³/mol. The van der Waals surface area contributed by atoms with Crippen LogP contribution in [0.3, 0.4) is 0 Å². The Labute approximate surface area is 169 Å². The fourth-order valence-electron chi connectivity index (χ4n) is 2.95. The molecule has 0 radical (unpaired) electrons. The Bertz CT molecular complexity index is 831. The average Bonchev–Trinajstić information content (AvgIpc) is 2.77. The number of nitrogens with zero attached hydrogens (tertiary/aromatic N) is 2. The summed E-state index contributed by atoms with van der Waals surface area (Å²) in [7, 11) is 1.55. The molecular weight excluding hydrogens is 376 g/mol. The van der Waals surface area contributed by atoms with Gasteiger partial charge in [-0.1, -0.05) is 12.1 Å². The van der Waals surface area contributed by atoms with Gasteiger partial charge in [-0.15, -0.1) is 0 Å². The lowest BCUT2D eigenvalue weighted by Crippen LogP contribution is -2.52. The first-order valence-corrected chi connectivity index (χ1v) is 9.30. The third kappa shape index (κ3) is 5.54. The van der Waals surface area contributed by atoms with Gasteiger partial charge >= 0.3 is 0 Å². The number of hydrogen-bond donors (Lipinski definition) is 1. The van der Waals surface area contributed by atoms with Gasteiger partial charge in [0, 0.05) is 26.2 Å². The van der Waals surface area contributed by atoms with Crippen LogP contribution >= 0.6 is 0 Å². The Morgan fingerprint density at radius 2 is 1.34 bits per heavy atom. The first kappa shape index (κ1) is 20.3. The number of phenols is 1. The smallest absolute Gasteiger partial charge is 0.260 e. The summed E-state index contributed by atoms with van der Waals surface area (Å²) in [5.74, 6) is 1.46. The van der Waals surface area contributed by atoms with Crippen LogP contribution in [0.15, 0.2) is 48.5 Å². The van der Waals surface area contributed by atoms with Crippen molar-refractivity contribution in [2.24, 2.45) is 0 Å². The largest absolute Gasteiger partial charge is 0.508 e. The van der Waals surface area contributed by atoms with Gasteiger partial charge in [0.2, 0.25) is 0 Å². The van der Waals surface area contributed by atoms with Crippen molar-refractivity contribution in [3.8, 4) is 23.0 Å². The predicted octanol–water partition coefficient (Wildman–Crippen LogP) is 1.53. The van der Waals surface area contributed by atoms with E-state index in [0.717, 1.165) is 0 Å². The lowest BCUT2D eigenvalue weighted by Gasteiger charge is -2.34. The molecule has 0 bridgehead atoms. The average molecular weight is 400 g/mol. The molecule has 1 saturated heterocycles. The van der Waals surface area contributed by atoms with E-state index < -0.39 is 0 Å². The number of carbonyl (C=O) groups is 2. The standard InChI is InChI=1S/C21H24N2O6/c1-27-18-4-2-3-5-19(18)29-15-21(26)23-12-10-22(11-13-23)20(25)14-28-17-8-6-16(24)7-9-17/h2-9,24H,10-15H2,1H3. The molecule has 3 rings (SSSR count). The topological polar surface area (TPSA) is 88.5 Å². The summed E-state index contributed by atoms with van der Waals surface area (Å²) in [4.78, 5) is 28.1. The van der Waals surface area contributed by atoms with Gasteiger partial charge in [0.05, 0.1) is 7.11 Å². The van der Waals surface area contributed by atoms with Crippen molar-refractivity contribution < 1.29 is 28.9 Å². The molecule has 1 heterocycles. The molecule has 2 aromatic carbocycles. The Balaban J connectivity index is 1.41. The number of hydrogen-bond acceptors (Lipinski definition) is 6. The van der Waals surface area contributed by atoms with Crippen molar-refractivity contribution in [3.63, 3.8) is 0 Å². The summed E-state index contributed by atoms with van der Waals surface area (Å²) in [6, 6.07) is 13.3.